The Bertz CT molecular complexity index is 770. The zero-order valence-corrected chi connectivity index (χ0v) is 10.00. The van der Waals surface area contributed by atoms with E-state index in [0.717, 1.165) is 0 Å². The van der Waals surface area contributed by atoms with Crippen molar-refractivity contribution in [2.24, 2.45) is 0 Å². The van der Waals surface area contributed by atoms with Crippen LogP contribution in [-0.2, 0) is 0 Å². The number of rotatable bonds is 0. The molecule has 0 saturated heterocycles. The fraction of sp³-hybridized carbons (Fsp3) is 0. The lowest BCUT2D eigenvalue weighted by Crippen LogP contribution is -1.78. The first-order valence-electron chi connectivity index (χ1n) is 5.70. The summed E-state index contributed by atoms with van der Waals surface area (Å²) in [5.41, 5.74) is 0. The lowest BCUT2D eigenvalue weighted by atomic mass is 9.97. The Morgan fingerprint density at radius 1 is 0.471 bits per heavy atom. The molecular formula is C16H10S. The Labute approximate surface area is 103 Å². The first kappa shape index (κ1) is 9.20. The molecule has 0 spiro atoms. The van der Waals surface area contributed by atoms with Gasteiger partial charge in [-0.1, -0.05) is 48.5 Å². The summed E-state index contributed by atoms with van der Waals surface area (Å²) in [6, 6.07) is 17.3. The molecule has 0 unspecified atom stereocenters. The maximum Gasteiger partial charge on any atom is 0.000830 e. The van der Waals surface area contributed by atoms with Crippen molar-refractivity contribution in [3.05, 3.63) is 59.3 Å². The minimum absolute atomic E-state index is 1.36. The summed E-state index contributed by atoms with van der Waals surface area (Å²) >= 11 is 1.78. The van der Waals surface area contributed by atoms with Crippen molar-refractivity contribution < 1.29 is 0 Å². The van der Waals surface area contributed by atoms with E-state index < -0.39 is 0 Å². The Hall–Kier alpha value is -1.86. The molecule has 0 nitrogen and oxygen atoms in total. The summed E-state index contributed by atoms with van der Waals surface area (Å²) < 4.78 is 0. The largest absolute Gasteiger partial charge is 0.151 e. The molecule has 0 aliphatic carbocycles. The molecule has 0 fully saturated rings. The first-order chi connectivity index (χ1) is 8.45. The standard InChI is InChI=1S/C16H10S/c1-3-7-13-11(5-1)12-6-2-4-8-14(12)16-10-17-9-15(13)16/h1-10H. The Balaban J connectivity index is 2.48. The normalized spacial score (nSPS) is 11.5. The average Bonchev–Trinajstić information content (AvgIpc) is 2.89. The van der Waals surface area contributed by atoms with Crippen LogP contribution in [0.1, 0.15) is 0 Å². The molecule has 17 heavy (non-hydrogen) atoms. The molecule has 0 N–H and O–H groups in total. The van der Waals surface area contributed by atoms with Gasteiger partial charge in [-0.2, -0.15) is 11.3 Å². The van der Waals surface area contributed by atoms with Crippen LogP contribution in [0.4, 0.5) is 0 Å². The van der Waals surface area contributed by atoms with Crippen LogP contribution in [-0.4, -0.2) is 0 Å². The molecule has 1 heterocycles. The van der Waals surface area contributed by atoms with Crippen molar-refractivity contribution in [2.75, 3.05) is 0 Å². The van der Waals surface area contributed by atoms with Crippen LogP contribution in [0.3, 0.4) is 0 Å². The second-order valence-electron chi connectivity index (χ2n) is 4.29. The predicted molar refractivity (Wildman–Crippen MR) is 76.8 cm³/mol. The number of thiophene rings is 1. The Morgan fingerprint density at radius 3 is 1.24 bits per heavy atom. The summed E-state index contributed by atoms with van der Waals surface area (Å²) in [5.74, 6) is 0. The van der Waals surface area contributed by atoms with Crippen molar-refractivity contribution in [2.45, 2.75) is 0 Å². The second kappa shape index (κ2) is 3.31. The van der Waals surface area contributed by atoms with Crippen molar-refractivity contribution in [3.8, 4) is 0 Å². The van der Waals surface area contributed by atoms with E-state index in [9.17, 15) is 0 Å². The fourth-order valence-electron chi connectivity index (χ4n) is 2.62. The number of hydrogen-bond acceptors (Lipinski definition) is 1. The number of fused-ring (bicyclic) bond motifs is 6. The average molecular weight is 234 g/mol. The van der Waals surface area contributed by atoms with E-state index in [1.54, 1.807) is 11.3 Å². The molecule has 1 aromatic heterocycles. The summed E-state index contributed by atoms with van der Waals surface area (Å²) in [6.07, 6.45) is 0. The van der Waals surface area contributed by atoms with E-state index in [-0.39, 0.29) is 0 Å². The third-order valence-electron chi connectivity index (χ3n) is 3.39. The molecule has 0 atom stereocenters. The number of hydrogen-bond donors (Lipinski definition) is 0. The van der Waals surface area contributed by atoms with Crippen LogP contribution in [0.15, 0.2) is 59.3 Å². The lowest BCUT2D eigenvalue weighted by Gasteiger charge is -2.06. The van der Waals surface area contributed by atoms with Gasteiger partial charge >= 0.3 is 0 Å². The van der Waals surface area contributed by atoms with Crippen LogP contribution < -0.4 is 0 Å². The zero-order valence-electron chi connectivity index (χ0n) is 9.18. The van der Waals surface area contributed by atoms with Gasteiger partial charge in [-0.15, -0.1) is 0 Å². The summed E-state index contributed by atoms with van der Waals surface area (Å²) in [5, 5.41) is 12.7. The van der Waals surface area contributed by atoms with Crippen LogP contribution in [0, 0.1) is 0 Å². The molecule has 4 aromatic rings. The van der Waals surface area contributed by atoms with E-state index in [0.29, 0.717) is 0 Å². The fourth-order valence-corrected chi connectivity index (χ4v) is 3.47. The molecule has 0 aliphatic heterocycles. The third kappa shape index (κ3) is 1.17. The van der Waals surface area contributed by atoms with Crippen LogP contribution in [0.25, 0.3) is 32.3 Å². The lowest BCUT2D eigenvalue weighted by molar-refractivity contribution is 1.80. The highest BCUT2D eigenvalue weighted by Crippen LogP contribution is 2.36. The highest BCUT2D eigenvalue weighted by molar-refractivity contribution is 7.09. The smallest absolute Gasteiger partial charge is 0.000830 e. The molecule has 0 radical (unpaired) electrons. The van der Waals surface area contributed by atoms with E-state index in [1.807, 2.05) is 0 Å². The van der Waals surface area contributed by atoms with Gasteiger partial charge in [0, 0.05) is 10.8 Å². The van der Waals surface area contributed by atoms with Crippen molar-refractivity contribution in [1.29, 1.82) is 0 Å². The summed E-state index contributed by atoms with van der Waals surface area (Å²) in [7, 11) is 0. The summed E-state index contributed by atoms with van der Waals surface area (Å²) in [4.78, 5) is 0. The van der Waals surface area contributed by atoms with E-state index in [4.69, 9.17) is 0 Å². The minimum Gasteiger partial charge on any atom is -0.151 e. The molecule has 0 bridgehead atoms. The van der Waals surface area contributed by atoms with E-state index in [1.165, 1.54) is 32.3 Å². The van der Waals surface area contributed by atoms with Gasteiger partial charge in [0.2, 0.25) is 0 Å². The van der Waals surface area contributed by atoms with Crippen LogP contribution >= 0.6 is 11.3 Å². The highest BCUT2D eigenvalue weighted by atomic mass is 32.1. The molecule has 1 heteroatoms. The maximum atomic E-state index is 2.25. The van der Waals surface area contributed by atoms with E-state index >= 15 is 0 Å². The molecule has 3 aromatic carbocycles. The van der Waals surface area contributed by atoms with Gasteiger partial charge in [-0.05, 0) is 32.3 Å². The van der Waals surface area contributed by atoms with Gasteiger partial charge < -0.3 is 0 Å². The minimum atomic E-state index is 1.36. The maximum absolute atomic E-state index is 2.25. The second-order valence-corrected chi connectivity index (χ2v) is 5.03. The molecule has 4 rings (SSSR count). The van der Waals surface area contributed by atoms with Crippen molar-refractivity contribution >= 4 is 43.7 Å². The molecule has 80 valence electrons. The van der Waals surface area contributed by atoms with Crippen molar-refractivity contribution in [3.63, 3.8) is 0 Å². The molecule has 0 amide bonds. The quantitative estimate of drug-likeness (QED) is 0.366. The van der Waals surface area contributed by atoms with Gasteiger partial charge in [0.1, 0.15) is 0 Å². The van der Waals surface area contributed by atoms with Crippen LogP contribution in [0.2, 0.25) is 0 Å². The van der Waals surface area contributed by atoms with Gasteiger partial charge in [0.25, 0.3) is 0 Å². The SMILES string of the molecule is c1ccc2c(c1)c1ccccc1c1cscc21. The van der Waals surface area contributed by atoms with Gasteiger partial charge in [-0.3, -0.25) is 0 Å². The topological polar surface area (TPSA) is 0 Å². The van der Waals surface area contributed by atoms with Crippen molar-refractivity contribution in [1.82, 2.24) is 0 Å². The predicted octanol–water partition coefficient (Wildman–Crippen LogP) is 5.21. The highest BCUT2D eigenvalue weighted by Gasteiger charge is 2.07. The van der Waals surface area contributed by atoms with E-state index in [2.05, 4.69) is 59.3 Å². The Kier molecular flexibility index (Phi) is 1.79. The van der Waals surface area contributed by atoms with Gasteiger partial charge in [0.05, 0.1) is 0 Å². The summed E-state index contributed by atoms with van der Waals surface area (Å²) in [6.45, 7) is 0. The number of benzene rings is 3. The molecule has 0 saturated carbocycles. The van der Waals surface area contributed by atoms with Crippen LogP contribution in [0.5, 0.6) is 0 Å². The third-order valence-corrected chi connectivity index (χ3v) is 4.13. The zero-order chi connectivity index (χ0) is 11.2. The monoisotopic (exact) mass is 234 g/mol. The van der Waals surface area contributed by atoms with Gasteiger partial charge in [0.15, 0.2) is 0 Å². The molecular weight excluding hydrogens is 224 g/mol. The first-order valence-corrected chi connectivity index (χ1v) is 6.65. The molecule has 0 aliphatic rings. The Morgan fingerprint density at radius 2 is 0.824 bits per heavy atom. The van der Waals surface area contributed by atoms with Gasteiger partial charge in [-0.25, -0.2) is 0 Å².